The molecule has 9 heteroatoms. The van der Waals surface area contributed by atoms with Crippen LogP contribution in [-0.4, -0.2) is 48.5 Å². The Morgan fingerprint density at radius 1 is 1.40 bits per heavy atom. The molecule has 3 rings (SSSR count). The van der Waals surface area contributed by atoms with Crippen LogP contribution in [0.5, 0.6) is 0 Å². The summed E-state index contributed by atoms with van der Waals surface area (Å²) < 4.78 is 6.54. The zero-order valence-corrected chi connectivity index (χ0v) is 10.3. The third-order valence-electron chi connectivity index (χ3n) is 3.23. The predicted molar refractivity (Wildman–Crippen MR) is 66.0 cm³/mol. The Hall–Kier alpha value is -2.10. The summed E-state index contributed by atoms with van der Waals surface area (Å²) in [6.07, 6.45) is 0.328. The molecule has 106 valence electrons. The van der Waals surface area contributed by atoms with E-state index in [-0.39, 0.29) is 24.2 Å². The number of nitrogens with one attached hydrogen (secondary N) is 1. The summed E-state index contributed by atoms with van der Waals surface area (Å²) in [4.78, 5) is 33.6. The minimum Gasteiger partial charge on any atom is -0.394 e. The van der Waals surface area contributed by atoms with E-state index in [2.05, 4.69) is 15.0 Å². The normalized spacial score (nSPS) is 26.2. The van der Waals surface area contributed by atoms with Crippen molar-refractivity contribution in [1.29, 1.82) is 0 Å². The van der Waals surface area contributed by atoms with Crippen molar-refractivity contribution in [3.8, 4) is 0 Å². The maximum absolute atomic E-state index is 12.0. The lowest BCUT2D eigenvalue weighted by Gasteiger charge is -2.15. The molecule has 2 aromatic heterocycles. The van der Waals surface area contributed by atoms with E-state index in [0.29, 0.717) is 0 Å². The monoisotopic (exact) mass is 280 g/mol. The maximum atomic E-state index is 12.0. The van der Waals surface area contributed by atoms with Crippen LogP contribution in [0.4, 0.5) is 0 Å². The molecule has 3 N–H and O–H groups in total. The van der Waals surface area contributed by atoms with E-state index in [9.17, 15) is 14.7 Å². The fourth-order valence-electron chi connectivity index (χ4n) is 2.28. The van der Waals surface area contributed by atoms with Gasteiger partial charge in [0.25, 0.3) is 5.56 Å². The van der Waals surface area contributed by atoms with Crippen molar-refractivity contribution in [2.75, 3.05) is 6.61 Å². The topological polar surface area (TPSA) is 130 Å². The first-order chi connectivity index (χ1) is 9.61. The van der Waals surface area contributed by atoms with Gasteiger partial charge < -0.3 is 14.9 Å². The minimum atomic E-state index is -0.893. The number of aromatic nitrogens is 4. The van der Waals surface area contributed by atoms with Gasteiger partial charge in [0.2, 0.25) is 0 Å². The number of hydrogen-bond acceptors (Lipinski definition) is 7. The highest BCUT2D eigenvalue weighted by Crippen LogP contribution is 2.28. The van der Waals surface area contributed by atoms with Crippen LogP contribution in [0.2, 0.25) is 0 Å². The van der Waals surface area contributed by atoms with E-state index in [1.54, 1.807) is 0 Å². The Balaban J connectivity index is 2.18. The molecule has 0 aliphatic carbocycles. The number of H-pyrrole nitrogens is 1. The number of aliphatic hydroxyl groups excluding tert-OH is 2. The Bertz CT molecular complexity index is 754. The van der Waals surface area contributed by atoms with Gasteiger partial charge in [-0.25, -0.2) is 19.3 Å². The van der Waals surface area contributed by atoms with Crippen LogP contribution >= 0.6 is 0 Å². The molecule has 3 atom stereocenters. The smallest absolute Gasteiger partial charge is 0.332 e. The van der Waals surface area contributed by atoms with E-state index in [0.717, 1.165) is 4.57 Å². The summed E-state index contributed by atoms with van der Waals surface area (Å²) in [5, 5.41) is 18.8. The van der Waals surface area contributed by atoms with Gasteiger partial charge in [-0.2, -0.15) is 0 Å². The number of rotatable bonds is 2. The summed E-state index contributed by atoms with van der Waals surface area (Å²) in [5.74, 6) is 0. The molecule has 1 unspecified atom stereocenters. The van der Waals surface area contributed by atoms with E-state index in [1.165, 1.54) is 12.4 Å². The van der Waals surface area contributed by atoms with Gasteiger partial charge >= 0.3 is 5.69 Å². The summed E-state index contributed by atoms with van der Waals surface area (Å²) in [6, 6.07) is 0. The number of ether oxygens (including phenoxy) is 1. The standard InChI is InChI=1S/C11H12N4O5/c16-4-6-5(17)3-7(20-6)15-9-8(12-1-2-13-9)10(18)14-11(15)19/h1-2,5-7,16-17H,3-4H2,(H,14,18,19)/t5?,6-,7-/m1/s1. The van der Waals surface area contributed by atoms with E-state index in [4.69, 9.17) is 9.84 Å². The lowest BCUT2D eigenvalue weighted by Crippen LogP contribution is -2.34. The van der Waals surface area contributed by atoms with Gasteiger partial charge in [-0.05, 0) is 0 Å². The number of nitrogens with zero attached hydrogens (tertiary/aromatic N) is 3. The highest BCUT2D eigenvalue weighted by molar-refractivity contribution is 5.67. The SMILES string of the molecule is O=c1[nH]c(=O)n([C@H]2CC(O)[C@@H](CO)O2)c2nccnc12. The second-order valence-electron chi connectivity index (χ2n) is 4.47. The third kappa shape index (κ3) is 1.92. The molecule has 2 aromatic rings. The fraction of sp³-hybridized carbons (Fsp3) is 0.455. The van der Waals surface area contributed by atoms with Crippen molar-refractivity contribution >= 4 is 11.2 Å². The maximum Gasteiger partial charge on any atom is 0.332 e. The molecule has 1 aliphatic rings. The number of aliphatic hydroxyl groups is 2. The first-order valence-corrected chi connectivity index (χ1v) is 6.01. The van der Waals surface area contributed by atoms with Gasteiger partial charge in [0.05, 0.1) is 12.7 Å². The molecule has 0 spiro atoms. The highest BCUT2D eigenvalue weighted by Gasteiger charge is 2.36. The van der Waals surface area contributed by atoms with Crippen LogP contribution in [0.15, 0.2) is 22.0 Å². The second-order valence-corrected chi connectivity index (χ2v) is 4.47. The van der Waals surface area contributed by atoms with Gasteiger partial charge in [-0.3, -0.25) is 9.78 Å². The van der Waals surface area contributed by atoms with Gasteiger partial charge in [-0.1, -0.05) is 0 Å². The summed E-state index contributed by atoms with van der Waals surface area (Å²) in [6.45, 7) is -0.362. The van der Waals surface area contributed by atoms with Gasteiger partial charge in [-0.15, -0.1) is 0 Å². The summed E-state index contributed by atoms with van der Waals surface area (Å²) in [7, 11) is 0. The number of aromatic amines is 1. The van der Waals surface area contributed by atoms with Crippen LogP contribution in [0.25, 0.3) is 11.2 Å². The molecule has 0 bridgehead atoms. The Labute approximate surface area is 111 Å². The van der Waals surface area contributed by atoms with Crippen molar-refractivity contribution in [2.45, 2.75) is 24.9 Å². The first-order valence-electron chi connectivity index (χ1n) is 6.01. The van der Waals surface area contributed by atoms with Crippen LogP contribution < -0.4 is 11.2 Å². The molecular weight excluding hydrogens is 268 g/mol. The number of fused-ring (bicyclic) bond motifs is 1. The van der Waals surface area contributed by atoms with Crippen molar-refractivity contribution in [1.82, 2.24) is 19.5 Å². The largest absolute Gasteiger partial charge is 0.394 e. The molecule has 1 aliphatic heterocycles. The van der Waals surface area contributed by atoms with Gasteiger partial charge in [0.1, 0.15) is 12.3 Å². The van der Waals surface area contributed by atoms with Crippen LogP contribution in [0.1, 0.15) is 12.6 Å². The molecule has 20 heavy (non-hydrogen) atoms. The summed E-state index contributed by atoms with van der Waals surface area (Å²) >= 11 is 0. The van der Waals surface area contributed by atoms with Gasteiger partial charge in [0.15, 0.2) is 11.2 Å². The third-order valence-corrected chi connectivity index (χ3v) is 3.23. The Morgan fingerprint density at radius 3 is 2.85 bits per heavy atom. The van der Waals surface area contributed by atoms with Crippen LogP contribution in [0, 0.1) is 0 Å². The molecule has 0 amide bonds. The molecular formula is C11H12N4O5. The molecule has 3 heterocycles. The Morgan fingerprint density at radius 2 is 2.15 bits per heavy atom. The Kier molecular flexibility index (Phi) is 3.08. The molecule has 1 fully saturated rings. The highest BCUT2D eigenvalue weighted by atomic mass is 16.5. The minimum absolute atomic E-state index is 0.0117. The lowest BCUT2D eigenvalue weighted by molar-refractivity contribution is -0.0445. The van der Waals surface area contributed by atoms with Crippen molar-refractivity contribution in [3.63, 3.8) is 0 Å². The van der Waals surface area contributed by atoms with Crippen LogP contribution in [0.3, 0.4) is 0 Å². The van der Waals surface area contributed by atoms with Crippen molar-refractivity contribution < 1.29 is 14.9 Å². The quantitative estimate of drug-likeness (QED) is 0.586. The summed E-state index contributed by atoms with van der Waals surface area (Å²) in [5.41, 5.74) is -1.24. The number of hydrogen-bond donors (Lipinski definition) is 3. The lowest BCUT2D eigenvalue weighted by atomic mass is 10.2. The molecule has 0 radical (unpaired) electrons. The molecule has 1 saturated heterocycles. The van der Waals surface area contributed by atoms with E-state index >= 15 is 0 Å². The molecule has 9 nitrogen and oxygen atoms in total. The average molecular weight is 280 g/mol. The average Bonchev–Trinajstić information content (AvgIpc) is 2.80. The molecule has 0 aromatic carbocycles. The van der Waals surface area contributed by atoms with Crippen molar-refractivity contribution in [3.05, 3.63) is 33.2 Å². The first kappa shape index (κ1) is 12.9. The zero-order valence-electron chi connectivity index (χ0n) is 10.3. The van der Waals surface area contributed by atoms with E-state index < -0.39 is 29.7 Å². The zero-order chi connectivity index (χ0) is 14.3. The molecule has 0 saturated carbocycles. The fourth-order valence-corrected chi connectivity index (χ4v) is 2.28. The van der Waals surface area contributed by atoms with E-state index in [1.807, 2.05) is 0 Å². The van der Waals surface area contributed by atoms with Crippen LogP contribution in [-0.2, 0) is 4.74 Å². The van der Waals surface area contributed by atoms with Gasteiger partial charge in [0, 0.05) is 18.8 Å². The van der Waals surface area contributed by atoms with Crippen molar-refractivity contribution in [2.24, 2.45) is 0 Å². The predicted octanol–water partition coefficient (Wildman–Crippen LogP) is -1.88. The second kappa shape index (κ2) is 4.78.